The fourth-order valence-electron chi connectivity index (χ4n) is 2.63. The van der Waals surface area contributed by atoms with E-state index >= 15 is 0 Å². The van der Waals surface area contributed by atoms with Crippen LogP contribution in [0.25, 0.3) is 12.2 Å². The van der Waals surface area contributed by atoms with E-state index in [9.17, 15) is 20.0 Å². The lowest BCUT2D eigenvalue weighted by molar-refractivity contribution is -0.392. The SMILES string of the molecule is CCOC(=O)C(C)(O)Cc1ccc(/C=C/c2nc(C)n(C)c2[N+](=O)[O-])cc1. The maximum absolute atomic E-state index is 11.8. The molecule has 0 aliphatic rings. The lowest BCUT2D eigenvalue weighted by Gasteiger charge is -2.21. The Morgan fingerprint density at radius 3 is 2.56 bits per heavy atom. The van der Waals surface area contributed by atoms with Crippen LogP contribution in [0.4, 0.5) is 5.82 Å². The third kappa shape index (κ3) is 4.79. The first-order valence-corrected chi connectivity index (χ1v) is 8.50. The smallest absolute Gasteiger partial charge is 0.350 e. The van der Waals surface area contributed by atoms with Crippen molar-refractivity contribution in [3.05, 3.63) is 57.0 Å². The number of carbonyl (C=O) groups is 1. The van der Waals surface area contributed by atoms with Crippen molar-refractivity contribution in [1.29, 1.82) is 0 Å². The summed E-state index contributed by atoms with van der Waals surface area (Å²) in [7, 11) is 1.60. The van der Waals surface area contributed by atoms with Gasteiger partial charge in [0.15, 0.2) is 17.1 Å². The van der Waals surface area contributed by atoms with E-state index in [0.717, 1.165) is 11.1 Å². The van der Waals surface area contributed by atoms with E-state index in [-0.39, 0.29) is 24.5 Å². The fraction of sp³-hybridized carbons (Fsp3) is 0.368. The highest BCUT2D eigenvalue weighted by Gasteiger charge is 2.32. The molecule has 8 heteroatoms. The predicted octanol–water partition coefficient (Wildman–Crippen LogP) is 2.66. The number of imidazole rings is 1. The van der Waals surface area contributed by atoms with E-state index in [4.69, 9.17) is 4.74 Å². The average molecular weight is 373 g/mol. The molecule has 1 aromatic heterocycles. The Kier molecular flexibility index (Phi) is 6.12. The highest BCUT2D eigenvalue weighted by Crippen LogP contribution is 2.22. The zero-order chi connectivity index (χ0) is 20.2. The van der Waals surface area contributed by atoms with Gasteiger partial charge in [0.05, 0.1) is 13.7 Å². The number of nitrogens with zero attached hydrogens (tertiary/aromatic N) is 3. The summed E-state index contributed by atoms with van der Waals surface area (Å²) in [6.45, 7) is 5.01. The van der Waals surface area contributed by atoms with Crippen molar-refractivity contribution in [3.8, 4) is 0 Å². The molecule has 1 aromatic carbocycles. The summed E-state index contributed by atoms with van der Waals surface area (Å²) in [4.78, 5) is 26.7. The van der Waals surface area contributed by atoms with Gasteiger partial charge in [-0.05, 0) is 36.0 Å². The standard InChI is InChI=1S/C19H23N3O5/c1-5-27-18(23)19(3,24)12-15-8-6-14(7-9-15)10-11-16-17(22(25)26)21(4)13(2)20-16/h6-11,24H,5,12H2,1-4H3/b11-10+. The summed E-state index contributed by atoms with van der Waals surface area (Å²) in [5, 5.41) is 21.4. The zero-order valence-corrected chi connectivity index (χ0v) is 15.8. The van der Waals surface area contributed by atoms with Gasteiger partial charge in [-0.3, -0.25) is 0 Å². The lowest BCUT2D eigenvalue weighted by Crippen LogP contribution is -2.39. The molecule has 144 valence electrons. The number of nitro groups is 1. The molecule has 0 fully saturated rings. The molecule has 2 aromatic rings. The van der Waals surface area contributed by atoms with Gasteiger partial charge >= 0.3 is 11.8 Å². The molecule has 8 nitrogen and oxygen atoms in total. The van der Waals surface area contributed by atoms with E-state index in [0.29, 0.717) is 5.82 Å². The minimum Gasteiger partial charge on any atom is -0.464 e. The van der Waals surface area contributed by atoms with Gasteiger partial charge in [0, 0.05) is 13.3 Å². The molecule has 0 saturated heterocycles. The van der Waals surface area contributed by atoms with Gasteiger partial charge in [-0.25, -0.2) is 14.3 Å². The first-order chi connectivity index (χ1) is 12.7. The van der Waals surface area contributed by atoms with E-state index in [1.807, 2.05) is 0 Å². The van der Waals surface area contributed by atoms with Crippen molar-refractivity contribution < 1.29 is 19.6 Å². The molecule has 1 atom stereocenters. The molecule has 0 aliphatic carbocycles. The number of hydrogen-bond acceptors (Lipinski definition) is 6. The fourth-order valence-corrected chi connectivity index (χ4v) is 2.63. The summed E-state index contributed by atoms with van der Waals surface area (Å²) in [6, 6.07) is 7.17. The first kappa shape index (κ1) is 20.3. The topological polar surface area (TPSA) is 107 Å². The Bertz CT molecular complexity index is 866. The molecule has 27 heavy (non-hydrogen) atoms. The van der Waals surface area contributed by atoms with Crippen LogP contribution in [-0.2, 0) is 23.0 Å². The maximum Gasteiger partial charge on any atom is 0.350 e. The molecule has 0 amide bonds. The number of ether oxygens (including phenoxy) is 1. The summed E-state index contributed by atoms with van der Waals surface area (Å²) in [5.74, 6) is -0.171. The zero-order valence-electron chi connectivity index (χ0n) is 15.8. The Morgan fingerprint density at radius 1 is 1.37 bits per heavy atom. The Balaban J connectivity index is 2.15. The molecule has 0 radical (unpaired) electrons. The van der Waals surface area contributed by atoms with Crippen LogP contribution in [0.15, 0.2) is 24.3 Å². The molecular formula is C19H23N3O5. The van der Waals surface area contributed by atoms with Crippen molar-refractivity contribution in [2.75, 3.05) is 6.61 Å². The highest BCUT2D eigenvalue weighted by atomic mass is 16.6. The summed E-state index contributed by atoms with van der Waals surface area (Å²) in [6.07, 6.45) is 3.44. The van der Waals surface area contributed by atoms with Gasteiger partial charge in [-0.1, -0.05) is 30.3 Å². The molecule has 0 aliphatic heterocycles. The highest BCUT2D eigenvalue weighted by molar-refractivity contribution is 5.79. The van der Waals surface area contributed by atoms with Crippen molar-refractivity contribution in [2.24, 2.45) is 7.05 Å². The van der Waals surface area contributed by atoms with E-state index < -0.39 is 16.5 Å². The van der Waals surface area contributed by atoms with Gasteiger partial charge in [-0.2, -0.15) is 0 Å². The van der Waals surface area contributed by atoms with Gasteiger partial charge in [0.2, 0.25) is 0 Å². The van der Waals surface area contributed by atoms with Crippen LogP contribution in [-0.4, -0.2) is 37.8 Å². The predicted molar refractivity (Wildman–Crippen MR) is 101 cm³/mol. The largest absolute Gasteiger partial charge is 0.464 e. The first-order valence-electron chi connectivity index (χ1n) is 8.50. The second-order valence-electron chi connectivity index (χ2n) is 6.43. The number of hydrogen-bond donors (Lipinski definition) is 1. The summed E-state index contributed by atoms with van der Waals surface area (Å²) >= 11 is 0. The minimum atomic E-state index is -1.60. The second kappa shape index (κ2) is 8.13. The minimum absolute atomic E-state index is 0.0640. The van der Waals surface area contributed by atoms with E-state index in [1.165, 1.54) is 11.5 Å². The monoisotopic (exact) mass is 373 g/mol. The quantitative estimate of drug-likeness (QED) is 0.454. The van der Waals surface area contributed by atoms with Crippen LogP contribution in [0, 0.1) is 17.0 Å². The Morgan fingerprint density at radius 2 is 2.00 bits per heavy atom. The number of aliphatic hydroxyl groups is 1. The lowest BCUT2D eigenvalue weighted by atomic mass is 9.96. The molecular weight excluding hydrogens is 350 g/mol. The van der Waals surface area contributed by atoms with E-state index in [1.54, 1.807) is 57.3 Å². The second-order valence-corrected chi connectivity index (χ2v) is 6.43. The van der Waals surface area contributed by atoms with Crippen LogP contribution in [0.5, 0.6) is 0 Å². The molecule has 0 saturated carbocycles. The van der Waals surface area contributed by atoms with Crippen molar-refractivity contribution in [2.45, 2.75) is 32.8 Å². The van der Waals surface area contributed by atoms with E-state index in [2.05, 4.69) is 4.98 Å². The normalized spacial score (nSPS) is 13.5. The van der Waals surface area contributed by atoms with Crippen LogP contribution in [0.2, 0.25) is 0 Å². The van der Waals surface area contributed by atoms with Gasteiger partial charge in [0.25, 0.3) is 0 Å². The molecule has 0 bridgehead atoms. The number of aryl methyl sites for hydroxylation is 1. The maximum atomic E-state index is 11.8. The molecule has 0 spiro atoms. The molecule has 1 heterocycles. The van der Waals surface area contributed by atoms with Crippen LogP contribution in [0.3, 0.4) is 0 Å². The van der Waals surface area contributed by atoms with Crippen molar-refractivity contribution in [3.63, 3.8) is 0 Å². The van der Waals surface area contributed by atoms with Gasteiger partial charge < -0.3 is 20.0 Å². The van der Waals surface area contributed by atoms with Crippen LogP contribution >= 0.6 is 0 Å². The van der Waals surface area contributed by atoms with Gasteiger partial charge in [0.1, 0.15) is 0 Å². The third-order valence-electron chi connectivity index (χ3n) is 4.16. The number of esters is 1. The average Bonchev–Trinajstić information content (AvgIpc) is 2.88. The van der Waals surface area contributed by atoms with Crippen LogP contribution in [0.1, 0.15) is 36.5 Å². The number of rotatable bonds is 7. The summed E-state index contributed by atoms with van der Waals surface area (Å²) in [5.41, 5.74) is 0.269. The number of carbonyl (C=O) groups excluding carboxylic acids is 1. The van der Waals surface area contributed by atoms with Crippen molar-refractivity contribution >= 4 is 23.9 Å². The number of aromatic nitrogens is 2. The molecule has 1 unspecified atom stereocenters. The number of benzene rings is 1. The Hall–Kier alpha value is -3.00. The van der Waals surface area contributed by atoms with Gasteiger partial charge in [-0.15, -0.1) is 0 Å². The summed E-state index contributed by atoms with van der Waals surface area (Å²) < 4.78 is 6.30. The molecule has 2 rings (SSSR count). The third-order valence-corrected chi connectivity index (χ3v) is 4.16. The van der Waals surface area contributed by atoms with Crippen molar-refractivity contribution in [1.82, 2.24) is 9.55 Å². The molecule has 1 N–H and O–H groups in total. The Labute approximate surface area is 157 Å². The van der Waals surface area contributed by atoms with Crippen LogP contribution < -0.4 is 0 Å².